The maximum absolute atomic E-state index is 5.87. The van der Waals surface area contributed by atoms with Crippen molar-refractivity contribution in [1.82, 2.24) is 14.9 Å². The van der Waals surface area contributed by atoms with Gasteiger partial charge in [0, 0.05) is 35.8 Å². The van der Waals surface area contributed by atoms with E-state index in [4.69, 9.17) is 9.57 Å². The Labute approximate surface area is 206 Å². The van der Waals surface area contributed by atoms with Gasteiger partial charge in [-0.3, -0.25) is 4.98 Å². The molecule has 0 aliphatic heterocycles. The zero-order chi connectivity index (χ0) is 24.2. The lowest BCUT2D eigenvalue weighted by molar-refractivity contribution is 0.213. The van der Waals surface area contributed by atoms with Crippen molar-refractivity contribution in [3.05, 3.63) is 84.2 Å². The Morgan fingerprint density at radius 3 is 2.40 bits per heavy atom. The molecule has 0 atom stereocenters. The van der Waals surface area contributed by atoms with E-state index in [1.165, 1.54) is 11.1 Å². The van der Waals surface area contributed by atoms with Gasteiger partial charge in [0.05, 0.1) is 11.4 Å². The van der Waals surface area contributed by atoms with Gasteiger partial charge in [-0.05, 0) is 97.7 Å². The summed E-state index contributed by atoms with van der Waals surface area (Å²) in [6, 6.07) is 21.2. The predicted molar refractivity (Wildman–Crippen MR) is 141 cm³/mol. The van der Waals surface area contributed by atoms with Gasteiger partial charge in [-0.2, -0.15) is 0 Å². The van der Waals surface area contributed by atoms with Gasteiger partial charge in [0.2, 0.25) is 0 Å². The summed E-state index contributed by atoms with van der Waals surface area (Å²) in [4.78, 5) is 15.0. The van der Waals surface area contributed by atoms with Crippen molar-refractivity contribution in [3.63, 3.8) is 0 Å². The molecule has 178 valence electrons. The molecule has 6 nitrogen and oxygen atoms in total. The minimum absolute atomic E-state index is 0.667. The highest BCUT2D eigenvalue weighted by atomic mass is 16.6. The number of hydrogen-bond donors (Lipinski definition) is 1. The summed E-state index contributed by atoms with van der Waals surface area (Å²) < 4.78 is 5.87. The number of likely N-dealkylation sites (N-methyl/N-ethyl adjacent to an activating group) is 1. The van der Waals surface area contributed by atoms with Crippen LogP contribution in [0.25, 0.3) is 33.6 Å². The Morgan fingerprint density at radius 2 is 1.66 bits per heavy atom. The number of aromatic nitrogens is 2. The number of nitrogens with one attached hydrogen (secondary N) is 1. The van der Waals surface area contributed by atoms with E-state index in [-0.39, 0.29) is 0 Å². The molecule has 0 spiro atoms. The molecule has 0 unspecified atom stereocenters. The van der Waals surface area contributed by atoms with Crippen LogP contribution in [0.15, 0.2) is 78.2 Å². The summed E-state index contributed by atoms with van der Waals surface area (Å²) in [6.45, 7) is 1.55. The summed E-state index contributed by atoms with van der Waals surface area (Å²) >= 11 is 0. The summed E-state index contributed by atoms with van der Waals surface area (Å²) in [7, 11) is 5.69. The van der Waals surface area contributed by atoms with Crippen LogP contribution in [0.2, 0.25) is 0 Å². The van der Waals surface area contributed by atoms with Crippen LogP contribution in [0.5, 0.6) is 5.75 Å². The lowest BCUT2D eigenvalue weighted by Gasteiger charge is -2.11. The Balaban J connectivity index is 1.49. The lowest BCUT2D eigenvalue weighted by Crippen LogP contribution is -2.19. The molecule has 1 aliphatic rings. The van der Waals surface area contributed by atoms with Crippen LogP contribution in [-0.4, -0.2) is 54.9 Å². The predicted octanol–water partition coefficient (Wildman–Crippen LogP) is 5.65. The average molecular weight is 467 g/mol. The molecule has 4 aromatic rings. The topological polar surface area (TPSA) is 62.7 Å². The Hall–Kier alpha value is -3.90. The molecule has 6 heteroatoms. The van der Waals surface area contributed by atoms with Crippen molar-refractivity contribution in [2.75, 3.05) is 34.4 Å². The molecule has 1 aliphatic carbocycles. The maximum Gasteiger partial charge on any atom is 0.119 e. The van der Waals surface area contributed by atoms with Crippen molar-refractivity contribution in [2.24, 2.45) is 5.16 Å². The Bertz CT molecular complexity index is 1320. The first kappa shape index (κ1) is 22.9. The van der Waals surface area contributed by atoms with Gasteiger partial charge in [-0.1, -0.05) is 17.3 Å². The molecule has 0 saturated heterocycles. The van der Waals surface area contributed by atoms with E-state index in [2.05, 4.69) is 68.6 Å². The molecular formula is C29H30N4O2. The van der Waals surface area contributed by atoms with Crippen LogP contribution in [-0.2, 0) is 11.3 Å². The van der Waals surface area contributed by atoms with Crippen molar-refractivity contribution in [3.8, 4) is 39.4 Å². The molecule has 0 radical (unpaired) electrons. The summed E-state index contributed by atoms with van der Waals surface area (Å²) in [6.07, 6.45) is 5.55. The van der Waals surface area contributed by atoms with Crippen molar-refractivity contribution in [2.45, 2.75) is 12.8 Å². The van der Waals surface area contributed by atoms with Crippen molar-refractivity contribution >= 4 is 5.71 Å². The zero-order valence-electron chi connectivity index (χ0n) is 20.4. The van der Waals surface area contributed by atoms with Crippen LogP contribution in [0.4, 0.5) is 0 Å². The lowest BCUT2D eigenvalue weighted by atomic mass is 9.99. The fourth-order valence-corrected chi connectivity index (χ4v) is 4.50. The second-order valence-electron chi connectivity index (χ2n) is 8.98. The van der Waals surface area contributed by atoms with Crippen LogP contribution in [0, 0.1) is 0 Å². The number of pyridine rings is 1. The third kappa shape index (κ3) is 4.98. The quantitative estimate of drug-likeness (QED) is 0.341. The Kier molecular flexibility index (Phi) is 6.64. The first-order valence-corrected chi connectivity index (χ1v) is 11.9. The largest absolute Gasteiger partial charge is 0.492 e. The number of ether oxygens (including phenoxy) is 1. The number of benzene rings is 2. The SMILES string of the molecule is CO/N=C1\CCc2cc(-c3[nH]c(-c4ccc(OCCN(C)C)cc4)cc3-c3ccncc3)ccc21. The van der Waals surface area contributed by atoms with Crippen molar-refractivity contribution in [1.29, 1.82) is 0 Å². The molecule has 5 rings (SSSR count). The van der Waals surface area contributed by atoms with Crippen LogP contribution in [0.1, 0.15) is 17.5 Å². The van der Waals surface area contributed by atoms with Crippen LogP contribution >= 0.6 is 0 Å². The van der Waals surface area contributed by atoms with Crippen molar-refractivity contribution < 1.29 is 9.57 Å². The van der Waals surface area contributed by atoms with E-state index < -0.39 is 0 Å². The van der Waals surface area contributed by atoms with E-state index in [1.807, 2.05) is 38.6 Å². The normalized spacial score (nSPS) is 13.9. The fourth-order valence-electron chi connectivity index (χ4n) is 4.50. The number of rotatable bonds is 8. The molecule has 35 heavy (non-hydrogen) atoms. The van der Waals surface area contributed by atoms with E-state index in [0.29, 0.717) is 6.61 Å². The second kappa shape index (κ2) is 10.2. The zero-order valence-corrected chi connectivity index (χ0v) is 20.4. The van der Waals surface area contributed by atoms with E-state index in [9.17, 15) is 0 Å². The minimum Gasteiger partial charge on any atom is -0.492 e. The molecule has 2 heterocycles. The summed E-state index contributed by atoms with van der Waals surface area (Å²) in [5.74, 6) is 0.879. The van der Waals surface area contributed by atoms with Gasteiger partial charge in [-0.25, -0.2) is 0 Å². The first-order valence-electron chi connectivity index (χ1n) is 11.9. The number of aryl methyl sites for hydroxylation is 1. The van der Waals surface area contributed by atoms with Gasteiger partial charge in [0.1, 0.15) is 19.5 Å². The molecule has 0 saturated carbocycles. The molecule has 0 bridgehead atoms. The van der Waals surface area contributed by atoms with Gasteiger partial charge in [0.25, 0.3) is 0 Å². The number of H-pyrrole nitrogens is 1. The molecule has 0 fully saturated rings. The average Bonchev–Trinajstić information content (AvgIpc) is 3.50. The standard InChI is InChI=1S/C29H30N4O2/c1-33(2)16-17-35-24-8-4-21(5-9-24)28-19-26(20-12-14-30-15-13-20)29(31-28)23-6-10-25-22(18-23)7-11-27(25)32-34-3/h4-6,8-10,12-15,18-19,31H,7,11,16-17H2,1-3H3/b32-27+. The number of hydrogen-bond acceptors (Lipinski definition) is 5. The Morgan fingerprint density at radius 1 is 0.886 bits per heavy atom. The summed E-state index contributed by atoms with van der Waals surface area (Å²) in [5, 5.41) is 4.20. The first-order chi connectivity index (χ1) is 17.1. The highest BCUT2D eigenvalue weighted by molar-refractivity contribution is 6.04. The monoisotopic (exact) mass is 466 g/mol. The molecular weight excluding hydrogens is 436 g/mol. The van der Waals surface area contributed by atoms with Gasteiger partial charge < -0.3 is 19.5 Å². The molecule has 1 N–H and O–H groups in total. The fraction of sp³-hybridized carbons (Fsp3) is 0.241. The number of fused-ring (bicyclic) bond motifs is 1. The molecule has 2 aromatic heterocycles. The second-order valence-corrected chi connectivity index (χ2v) is 8.98. The van der Waals surface area contributed by atoms with Gasteiger partial charge in [-0.15, -0.1) is 0 Å². The third-order valence-corrected chi connectivity index (χ3v) is 6.32. The number of oxime groups is 1. The highest BCUT2D eigenvalue weighted by Gasteiger charge is 2.21. The van der Waals surface area contributed by atoms with E-state index >= 15 is 0 Å². The summed E-state index contributed by atoms with van der Waals surface area (Å²) in [5.41, 5.74) is 10.2. The smallest absolute Gasteiger partial charge is 0.119 e. The highest BCUT2D eigenvalue weighted by Crippen LogP contribution is 2.38. The van der Waals surface area contributed by atoms with Crippen LogP contribution in [0.3, 0.4) is 0 Å². The van der Waals surface area contributed by atoms with E-state index in [1.54, 1.807) is 7.11 Å². The minimum atomic E-state index is 0.667. The van der Waals surface area contributed by atoms with Gasteiger partial charge in [0.15, 0.2) is 0 Å². The third-order valence-electron chi connectivity index (χ3n) is 6.32. The maximum atomic E-state index is 5.87. The van der Waals surface area contributed by atoms with E-state index in [0.717, 1.165) is 64.5 Å². The number of aromatic amines is 1. The van der Waals surface area contributed by atoms with Gasteiger partial charge >= 0.3 is 0 Å². The molecule has 0 amide bonds. The van der Waals surface area contributed by atoms with Crippen LogP contribution < -0.4 is 4.74 Å². The number of nitrogens with zero attached hydrogens (tertiary/aromatic N) is 3. The molecule has 2 aromatic carbocycles.